The maximum atomic E-state index is 12.2. The molecule has 1 saturated heterocycles. The van der Waals surface area contributed by atoms with Crippen molar-refractivity contribution in [2.75, 3.05) is 6.54 Å². The average molecular weight is 511 g/mol. The van der Waals surface area contributed by atoms with Crippen molar-refractivity contribution in [2.45, 2.75) is 20.5 Å². The van der Waals surface area contributed by atoms with E-state index in [-0.39, 0.29) is 11.1 Å². The van der Waals surface area contributed by atoms with Gasteiger partial charge < -0.3 is 4.74 Å². The van der Waals surface area contributed by atoms with Gasteiger partial charge in [-0.15, -0.1) is 0 Å². The van der Waals surface area contributed by atoms with Gasteiger partial charge in [0.25, 0.3) is 11.1 Å². The van der Waals surface area contributed by atoms with Gasteiger partial charge in [0.05, 0.1) is 13.9 Å². The molecule has 2 aromatic rings. The fraction of sp³-hybridized carbons (Fsp3) is 0.200. The van der Waals surface area contributed by atoms with Gasteiger partial charge in [0, 0.05) is 6.54 Å². The van der Waals surface area contributed by atoms with E-state index in [0.717, 1.165) is 31.8 Å². The fourth-order valence-corrected chi connectivity index (χ4v) is 5.04. The first-order valence-electron chi connectivity index (χ1n) is 8.31. The van der Waals surface area contributed by atoms with Crippen LogP contribution in [0.1, 0.15) is 23.6 Å². The molecule has 0 atom stereocenters. The maximum absolute atomic E-state index is 12.2. The molecule has 3 rings (SSSR count). The third-order valence-corrected chi connectivity index (χ3v) is 6.06. The summed E-state index contributed by atoms with van der Waals surface area (Å²) in [6.45, 7) is 4.66. The van der Waals surface area contributed by atoms with Crippen molar-refractivity contribution in [3.05, 3.63) is 66.9 Å². The van der Waals surface area contributed by atoms with Crippen molar-refractivity contribution in [1.82, 2.24) is 4.90 Å². The number of aryl methyl sites for hydroxylation is 1. The number of hydrogen-bond acceptors (Lipinski definition) is 4. The Bertz CT molecular complexity index is 920. The van der Waals surface area contributed by atoms with Crippen LogP contribution in [0.5, 0.6) is 5.75 Å². The highest BCUT2D eigenvalue weighted by atomic mass is 79.9. The third-order valence-electron chi connectivity index (χ3n) is 3.97. The molecule has 2 amide bonds. The number of hydrogen-bond donors (Lipinski definition) is 0. The molecule has 27 heavy (non-hydrogen) atoms. The minimum atomic E-state index is -0.250. The summed E-state index contributed by atoms with van der Waals surface area (Å²) in [5.41, 5.74) is 3.08. The zero-order valence-electron chi connectivity index (χ0n) is 14.8. The number of thioether (sulfide) groups is 1. The Morgan fingerprint density at radius 2 is 1.85 bits per heavy atom. The number of imide groups is 1. The summed E-state index contributed by atoms with van der Waals surface area (Å²) in [4.78, 5) is 25.7. The molecular formula is C20H17Br2NO3S. The maximum Gasteiger partial charge on any atom is 0.293 e. The van der Waals surface area contributed by atoms with Crippen molar-refractivity contribution < 1.29 is 14.3 Å². The van der Waals surface area contributed by atoms with Crippen LogP contribution in [0.3, 0.4) is 0 Å². The molecule has 0 saturated carbocycles. The zero-order chi connectivity index (χ0) is 19.6. The number of likely N-dealkylation sites (N-methyl/N-ethyl adjacent to an activating group) is 1. The first-order valence-corrected chi connectivity index (χ1v) is 10.7. The van der Waals surface area contributed by atoms with Crippen LogP contribution >= 0.6 is 43.6 Å². The zero-order valence-corrected chi connectivity index (χ0v) is 18.8. The van der Waals surface area contributed by atoms with Crippen molar-refractivity contribution >= 4 is 60.8 Å². The predicted molar refractivity (Wildman–Crippen MR) is 116 cm³/mol. The number of halogens is 2. The molecule has 0 aliphatic carbocycles. The summed E-state index contributed by atoms with van der Waals surface area (Å²) < 4.78 is 7.50. The Hall–Kier alpha value is -1.57. The van der Waals surface area contributed by atoms with Crippen molar-refractivity contribution in [1.29, 1.82) is 0 Å². The van der Waals surface area contributed by atoms with Crippen LogP contribution < -0.4 is 4.74 Å². The normalized spacial score (nSPS) is 15.7. The fourth-order valence-electron chi connectivity index (χ4n) is 2.68. The highest BCUT2D eigenvalue weighted by molar-refractivity contribution is 9.11. The molecular weight excluding hydrogens is 494 g/mol. The predicted octanol–water partition coefficient (Wildman–Crippen LogP) is 6.16. The van der Waals surface area contributed by atoms with Crippen LogP contribution in [0.4, 0.5) is 4.79 Å². The Balaban J connectivity index is 1.80. The number of nitrogens with zero attached hydrogens (tertiary/aromatic N) is 1. The van der Waals surface area contributed by atoms with Gasteiger partial charge in [-0.05, 0) is 86.8 Å². The lowest BCUT2D eigenvalue weighted by Gasteiger charge is -2.12. The van der Waals surface area contributed by atoms with E-state index >= 15 is 0 Å². The molecule has 0 unspecified atom stereocenters. The largest absolute Gasteiger partial charge is 0.487 e. The molecule has 1 aliphatic rings. The van der Waals surface area contributed by atoms with Crippen LogP contribution in [0.2, 0.25) is 0 Å². The SMILES string of the molecule is CCN1C(=O)S/C(=C/c2cc(Br)c(OCc3cccc(C)c3)c(Br)c2)C1=O. The van der Waals surface area contributed by atoms with E-state index in [1.807, 2.05) is 37.3 Å². The summed E-state index contributed by atoms with van der Waals surface area (Å²) in [7, 11) is 0. The standard InChI is InChI=1S/C20H17Br2NO3S/c1-3-23-19(24)17(27-20(23)25)10-14-8-15(21)18(16(22)9-14)26-11-13-6-4-5-12(2)7-13/h4-10H,3,11H2,1-2H3/b17-10+. The molecule has 7 heteroatoms. The second-order valence-electron chi connectivity index (χ2n) is 6.02. The van der Waals surface area contributed by atoms with E-state index < -0.39 is 0 Å². The molecule has 4 nitrogen and oxygen atoms in total. The monoisotopic (exact) mass is 509 g/mol. The second-order valence-corrected chi connectivity index (χ2v) is 8.72. The summed E-state index contributed by atoms with van der Waals surface area (Å²) in [5, 5.41) is -0.231. The van der Waals surface area contributed by atoms with Gasteiger partial charge in [-0.1, -0.05) is 29.8 Å². The number of ether oxygens (including phenoxy) is 1. The highest BCUT2D eigenvalue weighted by Gasteiger charge is 2.33. The molecule has 140 valence electrons. The second kappa shape index (κ2) is 8.63. The number of carbonyl (C=O) groups is 2. The van der Waals surface area contributed by atoms with Gasteiger partial charge in [0.2, 0.25) is 0 Å². The van der Waals surface area contributed by atoms with Crippen LogP contribution in [0, 0.1) is 6.92 Å². The molecule has 0 bridgehead atoms. The smallest absolute Gasteiger partial charge is 0.293 e. The van der Waals surface area contributed by atoms with Crippen LogP contribution in [0.15, 0.2) is 50.2 Å². The van der Waals surface area contributed by atoms with Crippen molar-refractivity contribution in [3.63, 3.8) is 0 Å². The quantitative estimate of drug-likeness (QED) is 0.452. The van der Waals surface area contributed by atoms with Gasteiger partial charge >= 0.3 is 0 Å². The van der Waals surface area contributed by atoms with Gasteiger partial charge in [-0.2, -0.15) is 0 Å². The minimum Gasteiger partial charge on any atom is -0.487 e. The number of carbonyl (C=O) groups excluding carboxylic acids is 2. The number of amides is 2. The van der Waals surface area contributed by atoms with Gasteiger partial charge in [0.1, 0.15) is 12.4 Å². The lowest BCUT2D eigenvalue weighted by atomic mass is 10.1. The van der Waals surface area contributed by atoms with Crippen LogP contribution in [-0.4, -0.2) is 22.6 Å². The first-order chi connectivity index (χ1) is 12.9. The summed E-state index contributed by atoms with van der Waals surface area (Å²) in [5.74, 6) is 0.440. The molecule has 0 aromatic heterocycles. The van der Waals surface area contributed by atoms with E-state index in [9.17, 15) is 9.59 Å². The van der Waals surface area contributed by atoms with E-state index in [0.29, 0.717) is 23.8 Å². The van der Waals surface area contributed by atoms with E-state index in [1.54, 1.807) is 13.0 Å². The van der Waals surface area contributed by atoms with E-state index in [2.05, 4.69) is 37.9 Å². The number of benzene rings is 2. The molecule has 0 N–H and O–H groups in total. The Labute approximate surface area is 179 Å². The van der Waals surface area contributed by atoms with Gasteiger partial charge in [0.15, 0.2) is 0 Å². The van der Waals surface area contributed by atoms with Crippen molar-refractivity contribution in [2.24, 2.45) is 0 Å². The van der Waals surface area contributed by atoms with Gasteiger partial charge in [-0.25, -0.2) is 0 Å². The van der Waals surface area contributed by atoms with Crippen LogP contribution in [0.25, 0.3) is 6.08 Å². The first kappa shape index (κ1) is 20.2. The summed E-state index contributed by atoms with van der Waals surface area (Å²) in [6.07, 6.45) is 1.72. The Morgan fingerprint density at radius 1 is 1.15 bits per heavy atom. The van der Waals surface area contributed by atoms with E-state index in [1.165, 1.54) is 10.5 Å². The third kappa shape index (κ3) is 4.65. The highest BCUT2D eigenvalue weighted by Crippen LogP contribution is 2.38. The Kier molecular flexibility index (Phi) is 6.44. The number of rotatable bonds is 5. The summed E-state index contributed by atoms with van der Waals surface area (Å²) >= 11 is 8.03. The van der Waals surface area contributed by atoms with Gasteiger partial charge in [-0.3, -0.25) is 14.5 Å². The molecule has 2 aromatic carbocycles. The molecule has 0 radical (unpaired) electrons. The lowest BCUT2D eigenvalue weighted by Crippen LogP contribution is -2.27. The molecule has 1 fully saturated rings. The molecule has 0 spiro atoms. The van der Waals surface area contributed by atoms with Crippen molar-refractivity contribution in [3.8, 4) is 5.75 Å². The Morgan fingerprint density at radius 3 is 2.44 bits per heavy atom. The lowest BCUT2D eigenvalue weighted by molar-refractivity contribution is -0.122. The van der Waals surface area contributed by atoms with E-state index in [4.69, 9.17) is 4.74 Å². The summed E-state index contributed by atoms with van der Waals surface area (Å²) in [6, 6.07) is 11.9. The average Bonchev–Trinajstić information content (AvgIpc) is 2.87. The topological polar surface area (TPSA) is 46.6 Å². The van der Waals surface area contributed by atoms with Crippen LogP contribution in [-0.2, 0) is 11.4 Å². The molecule has 1 aliphatic heterocycles. The minimum absolute atomic E-state index is 0.231. The molecule has 1 heterocycles.